The Morgan fingerprint density at radius 1 is 0.833 bits per heavy atom. The van der Waals surface area contributed by atoms with Gasteiger partial charge in [-0.3, -0.25) is 9.97 Å². The van der Waals surface area contributed by atoms with Crippen molar-refractivity contribution in [1.82, 2.24) is 19.9 Å². The van der Waals surface area contributed by atoms with E-state index in [4.69, 9.17) is 5.73 Å². The zero-order valence-corrected chi connectivity index (χ0v) is 17.5. The summed E-state index contributed by atoms with van der Waals surface area (Å²) < 4.78 is 0. The number of hydrogen-bond donors (Lipinski definition) is 1. The first kappa shape index (κ1) is 19.8. The number of nitrogen functional groups attached to an aromatic ring is 1. The summed E-state index contributed by atoms with van der Waals surface area (Å²) in [6.45, 7) is 1.16. The van der Waals surface area contributed by atoms with Gasteiger partial charge in [0.1, 0.15) is 5.82 Å². The molecule has 0 amide bonds. The lowest BCUT2D eigenvalue weighted by molar-refractivity contribution is 0.751. The van der Waals surface area contributed by atoms with Crippen LogP contribution in [0.1, 0.15) is 11.4 Å². The van der Waals surface area contributed by atoms with Crippen LogP contribution in [0.25, 0.3) is 11.3 Å². The third-order valence-electron chi connectivity index (χ3n) is 4.59. The highest BCUT2D eigenvalue weighted by Gasteiger charge is 2.15. The molecule has 0 aliphatic carbocycles. The maximum Gasteiger partial charge on any atom is 0.222 e. The minimum absolute atomic E-state index is 0.241. The molecule has 30 heavy (non-hydrogen) atoms. The number of anilines is 2. The molecule has 2 N–H and O–H groups in total. The molecule has 0 saturated carbocycles. The molecule has 0 aliphatic rings. The van der Waals surface area contributed by atoms with E-state index in [1.54, 1.807) is 24.2 Å². The maximum atomic E-state index is 6.13. The summed E-state index contributed by atoms with van der Waals surface area (Å²) >= 11 is 1.68. The summed E-state index contributed by atoms with van der Waals surface area (Å²) in [5.74, 6) is 0.982. The Hall–Kier alpha value is -3.45. The standard InChI is InChI=1S/C23H22N6S/c1-30-21-11-3-2-10-19(21)20-14-22(28-23(24)27-20)29(15-17-8-4-6-12-25-17)16-18-9-5-7-13-26-18/h2-14H,15-16H2,1H3,(H2,24,27,28). The third kappa shape index (κ3) is 4.75. The van der Waals surface area contributed by atoms with Crippen LogP contribution in [0.5, 0.6) is 0 Å². The van der Waals surface area contributed by atoms with E-state index in [9.17, 15) is 0 Å². The molecule has 4 aromatic rings. The molecule has 0 bridgehead atoms. The number of nitrogens with two attached hydrogens (primary N) is 1. The van der Waals surface area contributed by atoms with E-state index >= 15 is 0 Å². The molecule has 150 valence electrons. The Kier molecular flexibility index (Phi) is 6.20. The Bertz CT molecular complexity index is 1060. The molecule has 0 fully saturated rings. The van der Waals surface area contributed by atoms with E-state index in [2.05, 4.69) is 43.2 Å². The quantitative estimate of drug-likeness (QED) is 0.448. The molecule has 1 aromatic carbocycles. The predicted octanol–water partition coefficient (Wildman–Crippen LogP) is 4.44. The van der Waals surface area contributed by atoms with Gasteiger partial charge in [-0.2, -0.15) is 4.98 Å². The number of benzene rings is 1. The highest BCUT2D eigenvalue weighted by Crippen LogP contribution is 2.31. The third-order valence-corrected chi connectivity index (χ3v) is 5.39. The Morgan fingerprint density at radius 3 is 2.07 bits per heavy atom. The maximum absolute atomic E-state index is 6.13. The molecule has 0 aliphatic heterocycles. The van der Waals surface area contributed by atoms with Gasteiger partial charge in [0.15, 0.2) is 0 Å². The first-order chi connectivity index (χ1) is 14.7. The van der Waals surface area contributed by atoms with Crippen LogP contribution < -0.4 is 10.6 Å². The van der Waals surface area contributed by atoms with Gasteiger partial charge < -0.3 is 10.6 Å². The summed E-state index contributed by atoms with van der Waals surface area (Å²) in [7, 11) is 0. The molecule has 0 saturated heterocycles. The SMILES string of the molecule is CSc1ccccc1-c1cc(N(Cc2ccccn2)Cc2ccccn2)nc(N)n1. The molecule has 0 atom stereocenters. The van der Waals surface area contributed by atoms with Crippen LogP contribution in [0, 0.1) is 0 Å². The van der Waals surface area contributed by atoms with Gasteiger partial charge in [0.2, 0.25) is 5.95 Å². The Morgan fingerprint density at radius 2 is 1.47 bits per heavy atom. The van der Waals surface area contributed by atoms with E-state index < -0.39 is 0 Å². The minimum Gasteiger partial charge on any atom is -0.368 e. The van der Waals surface area contributed by atoms with Crippen LogP contribution in [-0.2, 0) is 13.1 Å². The summed E-state index contributed by atoms with van der Waals surface area (Å²) in [6.07, 6.45) is 5.64. The van der Waals surface area contributed by atoms with Crippen LogP contribution in [0.4, 0.5) is 11.8 Å². The summed E-state index contributed by atoms with van der Waals surface area (Å²) in [5.41, 5.74) is 9.85. The van der Waals surface area contributed by atoms with Crippen molar-refractivity contribution in [1.29, 1.82) is 0 Å². The van der Waals surface area contributed by atoms with Crippen LogP contribution in [0.3, 0.4) is 0 Å². The van der Waals surface area contributed by atoms with E-state index in [1.165, 1.54) is 0 Å². The van der Waals surface area contributed by atoms with Gasteiger partial charge >= 0.3 is 0 Å². The molecule has 0 spiro atoms. The van der Waals surface area contributed by atoms with Crippen molar-refractivity contribution in [2.24, 2.45) is 0 Å². The predicted molar refractivity (Wildman–Crippen MR) is 122 cm³/mol. The van der Waals surface area contributed by atoms with E-state index in [-0.39, 0.29) is 5.95 Å². The largest absolute Gasteiger partial charge is 0.368 e. The Labute approximate surface area is 180 Å². The first-order valence-electron chi connectivity index (χ1n) is 9.55. The second kappa shape index (κ2) is 9.37. The van der Waals surface area contributed by atoms with Gasteiger partial charge in [0.05, 0.1) is 30.2 Å². The average Bonchev–Trinajstić information content (AvgIpc) is 2.79. The van der Waals surface area contributed by atoms with Crippen molar-refractivity contribution in [3.8, 4) is 11.3 Å². The fourth-order valence-corrected chi connectivity index (χ4v) is 3.81. The minimum atomic E-state index is 0.241. The van der Waals surface area contributed by atoms with Gasteiger partial charge in [0, 0.05) is 28.9 Å². The fourth-order valence-electron chi connectivity index (χ4n) is 3.20. The van der Waals surface area contributed by atoms with Crippen LogP contribution in [-0.4, -0.2) is 26.2 Å². The van der Waals surface area contributed by atoms with Crippen molar-refractivity contribution < 1.29 is 0 Å². The van der Waals surface area contributed by atoms with Crippen LogP contribution >= 0.6 is 11.8 Å². The molecule has 6 nitrogen and oxygen atoms in total. The monoisotopic (exact) mass is 414 g/mol. The van der Waals surface area contributed by atoms with Gasteiger partial charge in [-0.15, -0.1) is 11.8 Å². The van der Waals surface area contributed by atoms with Gasteiger partial charge in [-0.05, 0) is 36.6 Å². The molecule has 0 unspecified atom stereocenters. The second-order valence-electron chi connectivity index (χ2n) is 6.67. The first-order valence-corrected chi connectivity index (χ1v) is 10.8. The number of rotatable bonds is 7. The average molecular weight is 415 g/mol. The molecule has 0 radical (unpaired) electrons. The second-order valence-corrected chi connectivity index (χ2v) is 7.52. The summed E-state index contributed by atoms with van der Waals surface area (Å²) in [6, 6.07) is 21.9. The molecule has 3 aromatic heterocycles. The van der Waals surface area contributed by atoms with Crippen LogP contribution in [0.2, 0.25) is 0 Å². The zero-order chi connectivity index (χ0) is 20.8. The number of thioether (sulfide) groups is 1. The summed E-state index contributed by atoms with van der Waals surface area (Å²) in [5, 5.41) is 0. The van der Waals surface area contributed by atoms with Gasteiger partial charge in [0.25, 0.3) is 0 Å². The fraction of sp³-hybridized carbons (Fsp3) is 0.130. The van der Waals surface area contributed by atoms with Gasteiger partial charge in [-0.25, -0.2) is 4.98 Å². The van der Waals surface area contributed by atoms with Crippen molar-refractivity contribution in [3.63, 3.8) is 0 Å². The van der Waals surface area contributed by atoms with Crippen molar-refractivity contribution in [3.05, 3.63) is 90.5 Å². The molecular formula is C23H22N6S. The lowest BCUT2D eigenvalue weighted by Gasteiger charge is -2.24. The number of hydrogen-bond acceptors (Lipinski definition) is 7. The number of pyridine rings is 2. The van der Waals surface area contributed by atoms with E-state index in [1.807, 2.05) is 54.6 Å². The molecule has 4 rings (SSSR count). The topological polar surface area (TPSA) is 80.8 Å². The van der Waals surface area contributed by atoms with Crippen molar-refractivity contribution in [2.75, 3.05) is 16.9 Å². The van der Waals surface area contributed by atoms with Crippen molar-refractivity contribution in [2.45, 2.75) is 18.0 Å². The zero-order valence-electron chi connectivity index (χ0n) is 16.6. The molecular weight excluding hydrogens is 392 g/mol. The smallest absolute Gasteiger partial charge is 0.222 e. The summed E-state index contributed by atoms with van der Waals surface area (Å²) in [4.78, 5) is 21.3. The van der Waals surface area contributed by atoms with Gasteiger partial charge in [-0.1, -0.05) is 30.3 Å². The van der Waals surface area contributed by atoms with E-state index in [0.717, 1.165) is 33.4 Å². The van der Waals surface area contributed by atoms with Crippen LogP contribution in [0.15, 0.2) is 84.0 Å². The molecule has 7 heteroatoms. The van der Waals surface area contributed by atoms with Crippen molar-refractivity contribution >= 4 is 23.5 Å². The lowest BCUT2D eigenvalue weighted by atomic mass is 10.1. The highest BCUT2D eigenvalue weighted by molar-refractivity contribution is 7.98. The Balaban J connectivity index is 1.75. The normalized spacial score (nSPS) is 10.7. The lowest BCUT2D eigenvalue weighted by Crippen LogP contribution is -2.24. The number of nitrogens with zero attached hydrogens (tertiary/aromatic N) is 5. The van der Waals surface area contributed by atoms with E-state index in [0.29, 0.717) is 13.1 Å². The number of aromatic nitrogens is 4. The molecule has 3 heterocycles. The highest BCUT2D eigenvalue weighted by atomic mass is 32.2.